The van der Waals surface area contributed by atoms with Crippen LogP contribution in [-0.2, 0) is 11.3 Å². The summed E-state index contributed by atoms with van der Waals surface area (Å²) in [4.78, 5) is 41.7. The summed E-state index contributed by atoms with van der Waals surface area (Å²) in [5, 5.41) is 5.25. The molecule has 10 nitrogen and oxygen atoms in total. The number of nitrogens with two attached hydrogens (primary N) is 1. The molecule has 11 heteroatoms. The normalized spacial score (nSPS) is 13.4. The minimum absolute atomic E-state index is 0.0408. The van der Waals surface area contributed by atoms with Crippen LogP contribution in [0.5, 0.6) is 5.75 Å². The highest BCUT2D eigenvalue weighted by Gasteiger charge is 2.32. The van der Waals surface area contributed by atoms with Gasteiger partial charge in [0.2, 0.25) is 6.41 Å². The minimum Gasteiger partial charge on any atom is -0.497 e. The molecular weight excluding hydrogens is 481 g/mol. The number of anilines is 1. The average molecular weight is 503 g/mol. The number of imide groups is 1. The van der Waals surface area contributed by atoms with Crippen LogP contribution in [0.15, 0.2) is 59.1 Å². The van der Waals surface area contributed by atoms with E-state index in [2.05, 4.69) is 10.3 Å². The van der Waals surface area contributed by atoms with E-state index in [1.54, 1.807) is 41.3 Å². The highest BCUT2D eigenvalue weighted by atomic mass is 19.1. The number of hydrogen-bond donors (Lipinski definition) is 3. The van der Waals surface area contributed by atoms with Gasteiger partial charge in [0.15, 0.2) is 0 Å². The maximum atomic E-state index is 14.9. The fraction of sp³-hybridized carbons (Fsp3) is 0.154. The molecular formula is C26H22FN5O5. The van der Waals surface area contributed by atoms with Crippen LogP contribution in [-0.4, -0.2) is 41.9 Å². The van der Waals surface area contributed by atoms with Crippen LogP contribution in [0.4, 0.5) is 15.0 Å². The molecule has 0 spiro atoms. The third kappa shape index (κ3) is 4.66. The van der Waals surface area contributed by atoms with Crippen LogP contribution in [0, 0.1) is 5.82 Å². The van der Waals surface area contributed by atoms with Crippen LogP contribution >= 0.6 is 0 Å². The van der Waals surface area contributed by atoms with Crippen LogP contribution in [0.3, 0.4) is 0 Å². The molecule has 4 N–H and O–H groups in total. The van der Waals surface area contributed by atoms with Crippen molar-refractivity contribution in [2.24, 2.45) is 0 Å². The number of halogens is 1. The van der Waals surface area contributed by atoms with Crippen molar-refractivity contribution in [3.8, 4) is 16.9 Å². The van der Waals surface area contributed by atoms with Crippen molar-refractivity contribution in [2.75, 3.05) is 19.4 Å². The number of urea groups is 1. The second kappa shape index (κ2) is 9.61. The lowest BCUT2D eigenvalue weighted by Crippen LogP contribution is -2.42. The van der Waals surface area contributed by atoms with Gasteiger partial charge in [0.25, 0.3) is 5.91 Å². The Morgan fingerprint density at radius 2 is 2.08 bits per heavy atom. The molecule has 1 atom stereocenters. The van der Waals surface area contributed by atoms with E-state index in [9.17, 15) is 18.8 Å². The van der Waals surface area contributed by atoms with Crippen LogP contribution in [0.25, 0.3) is 22.1 Å². The second-order valence-corrected chi connectivity index (χ2v) is 8.49. The maximum absolute atomic E-state index is 14.9. The summed E-state index contributed by atoms with van der Waals surface area (Å²) in [5.41, 5.74) is 8.04. The number of rotatable bonds is 7. The molecule has 3 heterocycles. The predicted octanol–water partition coefficient (Wildman–Crippen LogP) is 3.38. The lowest BCUT2D eigenvalue weighted by Gasteiger charge is -2.23. The Morgan fingerprint density at radius 3 is 2.81 bits per heavy atom. The summed E-state index contributed by atoms with van der Waals surface area (Å²) < 4.78 is 26.0. The third-order valence-corrected chi connectivity index (χ3v) is 6.16. The lowest BCUT2D eigenvalue weighted by atomic mass is 10.0. The van der Waals surface area contributed by atoms with E-state index in [1.807, 2.05) is 11.4 Å². The molecule has 2 aromatic carbocycles. The first-order valence-electron chi connectivity index (χ1n) is 11.3. The molecule has 4 aromatic rings. The zero-order valence-corrected chi connectivity index (χ0v) is 19.7. The zero-order valence-electron chi connectivity index (χ0n) is 19.7. The third-order valence-electron chi connectivity index (χ3n) is 6.16. The van der Waals surface area contributed by atoms with E-state index in [4.69, 9.17) is 14.9 Å². The zero-order chi connectivity index (χ0) is 26.1. The van der Waals surface area contributed by atoms with Gasteiger partial charge in [0, 0.05) is 47.4 Å². The first-order chi connectivity index (χ1) is 17.9. The number of ether oxygens (including phenoxy) is 1. The van der Waals surface area contributed by atoms with Gasteiger partial charge in [-0.1, -0.05) is 6.07 Å². The Labute approximate surface area is 210 Å². The second-order valence-electron chi connectivity index (χ2n) is 8.49. The number of benzene rings is 2. The largest absolute Gasteiger partial charge is 0.497 e. The predicted molar refractivity (Wildman–Crippen MR) is 132 cm³/mol. The van der Waals surface area contributed by atoms with E-state index in [0.717, 1.165) is 5.56 Å². The summed E-state index contributed by atoms with van der Waals surface area (Å²) in [5.74, 6) is 0.388. The average Bonchev–Trinajstić information content (AvgIpc) is 3.43. The van der Waals surface area contributed by atoms with Crippen LogP contribution in [0.1, 0.15) is 27.7 Å². The summed E-state index contributed by atoms with van der Waals surface area (Å²) in [6, 6.07) is 11.4. The van der Waals surface area contributed by atoms with Crippen molar-refractivity contribution in [2.45, 2.75) is 12.6 Å². The van der Waals surface area contributed by atoms with Gasteiger partial charge in [0.1, 0.15) is 34.8 Å². The topological polar surface area (TPSA) is 140 Å². The smallest absolute Gasteiger partial charge is 0.321 e. The molecule has 0 bridgehead atoms. The molecule has 188 valence electrons. The number of carbonyl (C=O) groups is 3. The Morgan fingerprint density at radius 1 is 1.24 bits per heavy atom. The maximum Gasteiger partial charge on any atom is 0.321 e. The van der Waals surface area contributed by atoms with Gasteiger partial charge < -0.3 is 25.1 Å². The minimum atomic E-state index is -0.836. The van der Waals surface area contributed by atoms with E-state index in [0.29, 0.717) is 40.2 Å². The molecule has 1 aliphatic heterocycles. The molecule has 4 amide bonds. The van der Waals surface area contributed by atoms with Crippen molar-refractivity contribution in [3.05, 3.63) is 77.4 Å². The van der Waals surface area contributed by atoms with Crippen molar-refractivity contribution >= 4 is 35.1 Å². The molecule has 0 saturated carbocycles. The Kier molecular flexibility index (Phi) is 6.18. The number of furan rings is 1. The summed E-state index contributed by atoms with van der Waals surface area (Å²) in [6.45, 7) is 0.355. The molecule has 0 fully saturated rings. The van der Waals surface area contributed by atoms with Gasteiger partial charge in [-0.25, -0.2) is 14.2 Å². The van der Waals surface area contributed by atoms with Gasteiger partial charge in [-0.05, 0) is 42.0 Å². The Hall–Kier alpha value is -4.93. The van der Waals surface area contributed by atoms with Crippen molar-refractivity contribution < 1.29 is 27.9 Å². The van der Waals surface area contributed by atoms with Crippen LogP contribution in [0.2, 0.25) is 0 Å². The number of aromatic nitrogens is 1. The van der Waals surface area contributed by atoms with Crippen molar-refractivity contribution in [1.82, 2.24) is 20.5 Å². The standard InChI is InChI=1S/C26H22FN5O5/c1-36-17-4-2-15-11-32(25(34)19(15)8-17)12-21(31-26(35)30-13-33)23-7-16-6-18(20(27)9-22(16)37-23)14-3-5-24(28)29-10-14/h2-10,13,21H,11-12H2,1H3,(H2,28,29)(H2,30,31,33,35)/t21-/m0/s1. The Balaban J connectivity index is 1.47. The highest BCUT2D eigenvalue weighted by Crippen LogP contribution is 2.33. The molecule has 2 aromatic heterocycles. The van der Waals surface area contributed by atoms with Crippen molar-refractivity contribution in [3.63, 3.8) is 0 Å². The van der Waals surface area contributed by atoms with Gasteiger partial charge in [-0.15, -0.1) is 0 Å². The van der Waals surface area contributed by atoms with E-state index >= 15 is 0 Å². The lowest BCUT2D eigenvalue weighted by molar-refractivity contribution is -0.108. The van der Waals surface area contributed by atoms with E-state index in [1.165, 1.54) is 19.4 Å². The summed E-state index contributed by atoms with van der Waals surface area (Å²) in [7, 11) is 1.52. The number of fused-ring (bicyclic) bond motifs is 2. The fourth-order valence-electron chi connectivity index (χ4n) is 4.34. The van der Waals surface area contributed by atoms with Gasteiger partial charge in [0.05, 0.1) is 7.11 Å². The number of methoxy groups -OCH3 is 1. The first-order valence-corrected chi connectivity index (χ1v) is 11.3. The molecule has 0 radical (unpaired) electrons. The summed E-state index contributed by atoms with van der Waals surface area (Å²) >= 11 is 0. The van der Waals surface area contributed by atoms with Gasteiger partial charge in [-0.2, -0.15) is 0 Å². The van der Waals surface area contributed by atoms with E-state index in [-0.39, 0.29) is 30.2 Å². The van der Waals surface area contributed by atoms with Crippen molar-refractivity contribution in [1.29, 1.82) is 0 Å². The number of nitrogens with zero attached hydrogens (tertiary/aromatic N) is 2. The molecule has 37 heavy (non-hydrogen) atoms. The van der Waals surface area contributed by atoms with Crippen LogP contribution < -0.4 is 21.1 Å². The molecule has 0 aliphatic carbocycles. The highest BCUT2D eigenvalue weighted by molar-refractivity contribution is 5.99. The number of amides is 4. The number of nitrogen functional groups attached to an aromatic ring is 1. The monoisotopic (exact) mass is 503 g/mol. The molecule has 0 saturated heterocycles. The molecule has 5 rings (SSSR count). The number of carbonyl (C=O) groups excluding carboxylic acids is 3. The Bertz CT molecular complexity index is 1520. The SMILES string of the molecule is COc1ccc2c(c1)C(=O)N(C[C@H](NC(=O)NC=O)c1cc3cc(-c4ccc(N)nc4)c(F)cc3o1)C2. The first kappa shape index (κ1) is 23.8. The van der Waals surface area contributed by atoms with Gasteiger partial charge in [-0.3, -0.25) is 14.9 Å². The fourth-order valence-corrected chi connectivity index (χ4v) is 4.34. The number of nitrogens with one attached hydrogen (secondary N) is 2. The quantitative estimate of drug-likeness (QED) is 0.329. The molecule has 0 unspecified atom stereocenters. The van der Waals surface area contributed by atoms with E-state index < -0.39 is 17.9 Å². The van der Waals surface area contributed by atoms with Gasteiger partial charge >= 0.3 is 6.03 Å². The molecule has 1 aliphatic rings. The number of hydrogen-bond acceptors (Lipinski definition) is 7. The summed E-state index contributed by atoms with van der Waals surface area (Å²) in [6.07, 6.45) is 1.72. The number of pyridine rings is 1.